The van der Waals surface area contributed by atoms with Crippen LogP contribution >= 0.6 is 0 Å². The molecule has 1 aliphatic carbocycles. The summed E-state index contributed by atoms with van der Waals surface area (Å²) in [5.74, 6) is 0.719. The number of nitrogens with zero attached hydrogens (tertiary/aromatic N) is 2. The molecule has 1 aromatic rings. The maximum absolute atomic E-state index is 12.0. The number of amides is 1. The van der Waals surface area contributed by atoms with Gasteiger partial charge in [-0.15, -0.1) is 0 Å². The van der Waals surface area contributed by atoms with Gasteiger partial charge in [0, 0.05) is 25.7 Å². The van der Waals surface area contributed by atoms with Gasteiger partial charge < -0.3 is 10.6 Å². The van der Waals surface area contributed by atoms with Crippen LogP contribution in [0.25, 0.3) is 0 Å². The smallest absolute Gasteiger partial charge is 0.236 e. The lowest BCUT2D eigenvalue weighted by Crippen LogP contribution is -2.45. The van der Waals surface area contributed by atoms with Crippen LogP contribution in [0.1, 0.15) is 31.2 Å². The summed E-state index contributed by atoms with van der Waals surface area (Å²) >= 11 is 0. The van der Waals surface area contributed by atoms with Crippen LogP contribution in [-0.2, 0) is 11.3 Å². The molecular weight excluding hydrogens is 274 g/mol. The van der Waals surface area contributed by atoms with Gasteiger partial charge >= 0.3 is 0 Å². The van der Waals surface area contributed by atoms with E-state index < -0.39 is 0 Å². The summed E-state index contributed by atoms with van der Waals surface area (Å²) < 4.78 is 0. The Balaban J connectivity index is 1.54. The summed E-state index contributed by atoms with van der Waals surface area (Å²) in [7, 11) is 0. The van der Waals surface area contributed by atoms with E-state index >= 15 is 0 Å². The lowest BCUT2D eigenvalue weighted by atomic mass is 9.96. The van der Waals surface area contributed by atoms with E-state index in [9.17, 15) is 4.79 Å². The Morgan fingerprint density at radius 3 is 2.68 bits per heavy atom. The van der Waals surface area contributed by atoms with Gasteiger partial charge in [0.25, 0.3) is 0 Å². The Morgan fingerprint density at radius 2 is 2.00 bits per heavy atom. The summed E-state index contributed by atoms with van der Waals surface area (Å²) in [5.41, 5.74) is 6.95. The topological polar surface area (TPSA) is 49.6 Å². The van der Waals surface area contributed by atoms with Crippen LogP contribution in [0.5, 0.6) is 0 Å². The molecule has 120 valence electrons. The molecule has 2 aliphatic rings. The summed E-state index contributed by atoms with van der Waals surface area (Å²) in [6.45, 7) is 4.32. The van der Waals surface area contributed by atoms with Gasteiger partial charge in [-0.2, -0.15) is 0 Å². The third kappa shape index (κ3) is 4.08. The first kappa shape index (κ1) is 15.5. The zero-order valence-electron chi connectivity index (χ0n) is 13.3. The average Bonchev–Trinajstić information content (AvgIpc) is 3.38. The fourth-order valence-corrected chi connectivity index (χ4v) is 3.52. The second-order valence-electron chi connectivity index (χ2n) is 6.71. The van der Waals surface area contributed by atoms with Crippen molar-refractivity contribution >= 4 is 5.91 Å². The van der Waals surface area contributed by atoms with Gasteiger partial charge in [0.05, 0.1) is 6.54 Å². The van der Waals surface area contributed by atoms with Crippen molar-refractivity contribution in [1.29, 1.82) is 0 Å². The molecule has 1 aromatic carbocycles. The van der Waals surface area contributed by atoms with E-state index in [1.165, 1.54) is 24.9 Å². The average molecular weight is 301 g/mol. The van der Waals surface area contributed by atoms with Crippen molar-refractivity contribution in [2.75, 3.05) is 26.2 Å². The molecule has 2 N–H and O–H groups in total. The third-order valence-corrected chi connectivity index (χ3v) is 4.79. The molecule has 3 rings (SSSR count). The zero-order chi connectivity index (χ0) is 15.4. The number of likely N-dealkylation sites (tertiary alicyclic amines) is 1. The monoisotopic (exact) mass is 301 g/mol. The van der Waals surface area contributed by atoms with Crippen molar-refractivity contribution in [3.05, 3.63) is 35.9 Å². The van der Waals surface area contributed by atoms with Gasteiger partial charge in [0.1, 0.15) is 0 Å². The molecule has 0 radical (unpaired) electrons. The van der Waals surface area contributed by atoms with Crippen LogP contribution in [0, 0.1) is 5.92 Å². The fourth-order valence-electron chi connectivity index (χ4n) is 3.52. The van der Waals surface area contributed by atoms with E-state index in [1.807, 2.05) is 0 Å². The van der Waals surface area contributed by atoms with E-state index in [0.717, 1.165) is 32.5 Å². The van der Waals surface area contributed by atoms with Gasteiger partial charge in [0.15, 0.2) is 0 Å². The van der Waals surface area contributed by atoms with Crippen LogP contribution in [-0.4, -0.2) is 47.9 Å². The maximum atomic E-state index is 12.0. The molecule has 0 unspecified atom stereocenters. The predicted octanol–water partition coefficient (Wildman–Crippen LogP) is 1.85. The Morgan fingerprint density at radius 1 is 1.23 bits per heavy atom. The highest BCUT2D eigenvalue weighted by Gasteiger charge is 2.34. The number of carbonyl (C=O) groups excluding carboxylic acids is 1. The Bertz CT molecular complexity index is 486. The Kier molecular flexibility index (Phi) is 5.11. The van der Waals surface area contributed by atoms with Crippen molar-refractivity contribution < 1.29 is 4.79 Å². The second-order valence-corrected chi connectivity index (χ2v) is 6.71. The number of hydrogen-bond acceptors (Lipinski definition) is 3. The van der Waals surface area contributed by atoms with E-state index in [1.54, 1.807) is 0 Å². The number of rotatable bonds is 6. The Labute approximate surface area is 133 Å². The molecule has 0 aromatic heterocycles. The molecule has 4 heteroatoms. The molecule has 1 saturated heterocycles. The zero-order valence-corrected chi connectivity index (χ0v) is 13.3. The molecule has 0 spiro atoms. The standard InChI is InChI=1S/C18H27N3O/c19-11-18(22)21(17-8-9-17)14-16-7-4-10-20(13-16)12-15-5-2-1-3-6-15/h1-3,5-6,16-17H,4,7-14,19H2/t16-/m1/s1. The summed E-state index contributed by atoms with van der Waals surface area (Å²) in [4.78, 5) is 16.6. The van der Waals surface area contributed by atoms with Crippen molar-refractivity contribution in [1.82, 2.24) is 9.80 Å². The van der Waals surface area contributed by atoms with Crippen LogP contribution in [0.4, 0.5) is 0 Å². The minimum absolute atomic E-state index is 0.127. The van der Waals surface area contributed by atoms with Crippen molar-refractivity contribution in [3.8, 4) is 0 Å². The molecule has 0 bridgehead atoms. The number of piperidine rings is 1. The first-order chi connectivity index (χ1) is 10.8. The normalized spacial score (nSPS) is 22.5. The van der Waals surface area contributed by atoms with E-state index in [2.05, 4.69) is 40.1 Å². The maximum Gasteiger partial charge on any atom is 0.236 e. The molecule has 4 nitrogen and oxygen atoms in total. The molecule has 2 fully saturated rings. The lowest BCUT2D eigenvalue weighted by Gasteiger charge is -2.35. The van der Waals surface area contributed by atoms with Crippen LogP contribution in [0.3, 0.4) is 0 Å². The Hall–Kier alpha value is -1.39. The highest BCUT2D eigenvalue weighted by Crippen LogP contribution is 2.29. The van der Waals surface area contributed by atoms with Gasteiger partial charge in [0.2, 0.25) is 5.91 Å². The van der Waals surface area contributed by atoms with E-state index in [0.29, 0.717) is 12.0 Å². The minimum atomic E-state index is 0.127. The largest absolute Gasteiger partial charge is 0.338 e. The molecule has 1 aliphatic heterocycles. The summed E-state index contributed by atoms with van der Waals surface area (Å²) in [6.07, 6.45) is 4.78. The fraction of sp³-hybridized carbons (Fsp3) is 0.611. The quantitative estimate of drug-likeness (QED) is 0.872. The SMILES string of the molecule is NCC(=O)N(C[C@@H]1CCCN(Cc2ccccc2)C1)C1CC1. The number of nitrogens with two attached hydrogens (primary N) is 1. The molecule has 22 heavy (non-hydrogen) atoms. The third-order valence-electron chi connectivity index (χ3n) is 4.79. The van der Waals surface area contributed by atoms with Gasteiger partial charge in [-0.3, -0.25) is 9.69 Å². The molecule has 1 saturated carbocycles. The van der Waals surface area contributed by atoms with Crippen molar-refractivity contribution in [3.63, 3.8) is 0 Å². The van der Waals surface area contributed by atoms with E-state index in [4.69, 9.17) is 5.73 Å². The predicted molar refractivity (Wildman–Crippen MR) is 88.2 cm³/mol. The summed E-state index contributed by atoms with van der Waals surface area (Å²) in [5, 5.41) is 0. The number of carbonyl (C=O) groups is 1. The van der Waals surface area contributed by atoms with Gasteiger partial charge in [-0.25, -0.2) is 0 Å². The van der Waals surface area contributed by atoms with Crippen molar-refractivity contribution in [2.24, 2.45) is 11.7 Å². The second kappa shape index (κ2) is 7.25. The van der Waals surface area contributed by atoms with Crippen LogP contribution in [0.2, 0.25) is 0 Å². The summed E-state index contributed by atoms with van der Waals surface area (Å²) in [6, 6.07) is 11.1. The lowest BCUT2D eigenvalue weighted by molar-refractivity contribution is -0.131. The van der Waals surface area contributed by atoms with Gasteiger partial charge in [-0.1, -0.05) is 30.3 Å². The minimum Gasteiger partial charge on any atom is -0.338 e. The molecule has 1 heterocycles. The van der Waals surface area contributed by atoms with Crippen LogP contribution in [0.15, 0.2) is 30.3 Å². The van der Waals surface area contributed by atoms with Gasteiger partial charge in [-0.05, 0) is 43.7 Å². The van der Waals surface area contributed by atoms with E-state index in [-0.39, 0.29) is 12.5 Å². The highest BCUT2D eigenvalue weighted by atomic mass is 16.2. The molecule has 1 amide bonds. The number of hydrogen-bond donors (Lipinski definition) is 1. The molecular formula is C18H27N3O. The van der Waals surface area contributed by atoms with Crippen molar-refractivity contribution in [2.45, 2.75) is 38.3 Å². The first-order valence-corrected chi connectivity index (χ1v) is 8.52. The first-order valence-electron chi connectivity index (χ1n) is 8.52. The number of benzene rings is 1. The molecule has 1 atom stereocenters. The van der Waals surface area contributed by atoms with Crippen LogP contribution < -0.4 is 5.73 Å². The highest BCUT2D eigenvalue weighted by molar-refractivity contribution is 5.78.